The van der Waals surface area contributed by atoms with Gasteiger partial charge in [-0.15, -0.1) is 0 Å². The summed E-state index contributed by atoms with van der Waals surface area (Å²) < 4.78 is 5.60. The van der Waals surface area contributed by atoms with Crippen molar-refractivity contribution < 1.29 is 4.42 Å². The van der Waals surface area contributed by atoms with Crippen molar-refractivity contribution in [2.24, 2.45) is 0 Å². The lowest BCUT2D eigenvalue weighted by Gasteiger charge is -2.02. The molecule has 0 fully saturated rings. The van der Waals surface area contributed by atoms with Crippen molar-refractivity contribution >= 4 is 35.8 Å². The average molecular weight is 322 g/mol. The normalized spacial score (nSPS) is 10.8. The third-order valence-electron chi connectivity index (χ3n) is 2.84. The first-order valence-corrected chi connectivity index (χ1v) is 7.05. The van der Waals surface area contributed by atoms with Gasteiger partial charge in [0.1, 0.15) is 5.69 Å². The van der Waals surface area contributed by atoms with Gasteiger partial charge < -0.3 is 4.42 Å². The Morgan fingerprint density at radius 1 is 0.800 bits per heavy atom. The van der Waals surface area contributed by atoms with Gasteiger partial charge in [0, 0.05) is 21.2 Å². The van der Waals surface area contributed by atoms with E-state index in [1.807, 2.05) is 48.5 Å². The molecule has 0 bridgehead atoms. The van der Waals surface area contributed by atoms with Crippen LogP contribution < -0.4 is 0 Å². The molecule has 0 atom stereocenters. The van der Waals surface area contributed by atoms with Crippen LogP contribution in [0.25, 0.3) is 22.6 Å². The van der Waals surface area contributed by atoms with E-state index < -0.39 is 0 Å². The van der Waals surface area contributed by atoms with Gasteiger partial charge in [-0.05, 0) is 36.4 Å². The van der Waals surface area contributed by atoms with E-state index in [9.17, 15) is 0 Å². The smallest absolute Gasteiger partial charge is 0.253 e. The molecule has 0 saturated carbocycles. The summed E-state index contributed by atoms with van der Waals surface area (Å²) in [6.45, 7) is 0. The van der Waals surface area contributed by atoms with Crippen LogP contribution in [-0.4, -0.2) is 4.98 Å². The first kappa shape index (κ1) is 13.6. The molecule has 3 rings (SSSR count). The molecule has 0 saturated heterocycles. The molecule has 3 aromatic rings. The highest BCUT2D eigenvalue weighted by molar-refractivity contribution is 7.80. The second-order valence-corrected chi connectivity index (χ2v) is 5.44. The van der Waals surface area contributed by atoms with Crippen molar-refractivity contribution in [3.05, 3.63) is 58.6 Å². The van der Waals surface area contributed by atoms with Gasteiger partial charge in [0.2, 0.25) is 0 Å². The number of thiol groups is 1. The topological polar surface area (TPSA) is 26.0 Å². The fourth-order valence-electron chi connectivity index (χ4n) is 1.91. The molecule has 0 unspecified atom stereocenters. The molecule has 5 heteroatoms. The van der Waals surface area contributed by atoms with Crippen LogP contribution in [0.2, 0.25) is 10.0 Å². The lowest BCUT2D eigenvalue weighted by Crippen LogP contribution is -1.82. The highest BCUT2D eigenvalue weighted by Crippen LogP contribution is 2.34. The fourth-order valence-corrected chi connectivity index (χ4v) is 2.35. The molecule has 0 N–H and O–H groups in total. The molecule has 2 aromatic carbocycles. The summed E-state index contributed by atoms with van der Waals surface area (Å²) in [5, 5.41) is 1.67. The summed E-state index contributed by atoms with van der Waals surface area (Å²) in [7, 11) is 0. The summed E-state index contributed by atoms with van der Waals surface area (Å²) in [4.78, 5) is 4.33. The second kappa shape index (κ2) is 5.52. The number of rotatable bonds is 2. The first-order valence-electron chi connectivity index (χ1n) is 5.85. The van der Waals surface area contributed by atoms with Crippen LogP contribution in [0, 0.1) is 0 Å². The van der Waals surface area contributed by atoms with Crippen LogP contribution >= 0.6 is 35.8 Å². The highest BCUT2D eigenvalue weighted by Gasteiger charge is 2.15. The molecule has 20 heavy (non-hydrogen) atoms. The van der Waals surface area contributed by atoms with E-state index in [1.54, 1.807) is 0 Å². The predicted octanol–water partition coefficient (Wildman–Crippen LogP) is 5.60. The van der Waals surface area contributed by atoms with Crippen molar-refractivity contribution in [3.8, 4) is 22.6 Å². The van der Waals surface area contributed by atoms with Gasteiger partial charge in [-0.2, -0.15) is 0 Å². The van der Waals surface area contributed by atoms with Gasteiger partial charge in [-0.25, -0.2) is 4.98 Å². The lowest BCUT2D eigenvalue weighted by molar-refractivity contribution is 0.468. The average Bonchev–Trinajstić information content (AvgIpc) is 2.82. The van der Waals surface area contributed by atoms with Crippen molar-refractivity contribution in [1.29, 1.82) is 0 Å². The van der Waals surface area contributed by atoms with E-state index in [4.69, 9.17) is 27.6 Å². The van der Waals surface area contributed by atoms with Gasteiger partial charge in [0.15, 0.2) is 5.76 Å². The number of halogens is 2. The number of hydrogen-bond donors (Lipinski definition) is 1. The Hall–Kier alpha value is -1.42. The lowest BCUT2D eigenvalue weighted by atomic mass is 10.1. The third-order valence-corrected chi connectivity index (χ3v) is 3.54. The quantitative estimate of drug-likeness (QED) is 0.621. The number of hydrogen-bond acceptors (Lipinski definition) is 3. The zero-order valence-corrected chi connectivity index (χ0v) is 12.6. The maximum absolute atomic E-state index is 5.90. The van der Waals surface area contributed by atoms with Crippen molar-refractivity contribution in [2.75, 3.05) is 0 Å². The maximum atomic E-state index is 5.90. The van der Waals surface area contributed by atoms with Crippen LogP contribution in [0.1, 0.15) is 0 Å². The van der Waals surface area contributed by atoms with Gasteiger partial charge in [-0.1, -0.05) is 48.0 Å². The minimum Gasteiger partial charge on any atom is -0.431 e. The van der Waals surface area contributed by atoms with Crippen LogP contribution in [0.5, 0.6) is 0 Å². The largest absolute Gasteiger partial charge is 0.431 e. The Morgan fingerprint density at radius 3 is 1.85 bits per heavy atom. The summed E-state index contributed by atoms with van der Waals surface area (Å²) in [5.41, 5.74) is 2.55. The van der Waals surface area contributed by atoms with Gasteiger partial charge >= 0.3 is 0 Å². The summed E-state index contributed by atoms with van der Waals surface area (Å²) in [5.74, 6) is 0.661. The SMILES string of the molecule is Sc1nc(-c2ccc(Cl)cc2)c(-c2ccc(Cl)cc2)o1. The van der Waals surface area contributed by atoms with Crippen LogP contribution in [0.4, 0.5) is 0 Å². The Bertz CT molecular complexity index is 673. The molecule has 0 aliphatic rings. The van der Waals surface area contributed by atoms with Crippen LogP contribution in [-0.2, 0) is 0 Å². The molecule has 0 aliphatic carbocycles. The van der Waals surface area contributed by atoms with E-state index in [0.717, 1.165) is 16.8 Å². The van der Waals surface area contributed by atoms with Crippen LogP contribution in [0.3, 0.4) is 0 Å². The zero-order chi connectivity index (χ0) is 14.1. The number of benzene rings is 2. The van der Waals surface area contributed by atoms with Gasteiger partial charge in [-0.3, -0.25) is 0 Å². The Kier molecular flexibility index (Phi) is 3.74. The van der Waals surface area contributed by atoms with Crippen molar-refractivity contribution in [3.63, 3.8) is 0 Å². The van der Waals surface area contributed by atoms with E-state index >= 15 is 0 Å². The van der Waals surface area contributed by atoms with E-state index in [0.29, 0.717) is 21.0 Å². The molecular formula is C15H9Cl2NOS. The third kappa shape index (κ3) is 2.70. The monoisotopic (exact) mass is 321 g/mol. The summed E-state index contributed by atoms with van der Waals surface area (Å²) in [6.07, 6.45) is 0. The number of nitrogens with zero attached hydrogens (tertiary/aromatic N) is 1. The molecule has 2 nitrogen and oxygen atoms in total. The first-order chi connectivity index (χ1) is 9.63. The minimum absolute atomic E-state index is 0.319. The van der Waals surface area contributed by atoms with Gasteiger partial charge in [0.05, 0.1) is 0 Å². The van der Waals surface area contributed by atoms with Crippen LogP contribution in [0.15, 0.2) is 58.2 Å². The predicted molar refractivity (Wildman–Crippen MR) is 84.6 cm³/mol. The minimum atomic E-state index is 0.319. The summed E-state index contributed by atoms with van der Waals surface area (Å²) >= 11 is 16.0. The number of oxazole rings is 1. The van der Waals surface area contributed by atoms with E-state index in [2.05, 4.69) is 17.6 Å². The fraction of sp³-hybridized carbons (Fsp3) is 0. The molecule has 1 heterocycles. The summed E-state index contributed by atoms with van der Waals surface area (Å²) in [6, 6.07) is 14.8. The maximum Gasteiger partial charge on any atom is 0.253 e. The zero-order valence-electron chi connectivity index (χ0n) is 10.2. The molecule has 100 valence electrons. The van der Waals surface area contributed by atoms with Crippen molar-refractivity contribution in [2.45, 2.75) is 5.22 Å². The molecule has 0 spiro atoms. The Morgan fingerprint density at radius 2 is 1.30 bits per heavy atom. The molecular weight excluding hydrogens is 313 g/mol. The Balaban J connectivity index is 2.12. The highest BCUT2D eigenvalue weighted by atomic mass is 35.5. The Labute approximate surface area is 131 Å². The molecule has 1 aromatic heterocycles. The molecule has 0 aliphatic heterocycles. The van der Waals surface area contributed by atoms with E-state index in [-0.39, 0.29) is 0 Å². The van der Waals surface area contributed by atoms with Crippen molar-refractivity contribution in [1.82, 2.24) is 4.98 Å². The molecule has 0 radical (unpaired) electrons. The standard InChI is InChI=1S/C15H9Cl2NOS/c16-11-5-1-9(2-6-11)13-14(19-15(20)18-13)10-3-7-12(17)8-4-10/h1-8H,(H,18,20). The molecule has 0 amide bonds. The van der Waals surface area contributed by atoms with E-state index in [1.165, 1.54) is 0 Å². The second-order valence-electron chi connectivity index (χ2n) is 4.19. The number of aromatic nitrogens is 1. The van der Waals surface area contributed by atoms with Gasteiger partial charge in [0.25, 0.3) is 5.22 Å².